The monoisotopic (exact) mass is 154 g/mol. The maximum absolute atomic E-state index is 2.42. The summed E-state index contributed by atoms with van der Waals surface area (Å²) in [4.78, 5) is 0. The van der Waals surface area contributed by atoms with Gasteiger partial charge in [-0.1, -0.05) is 38.3 Å². The predicted molar refractivity (Wildman–Crippen MR) is 52.7 cm³/mol. The third-order valence-electron chi connectivity index (χ3n) is 1.89. The Morgan fingerprint density at radius 1 is 1.09 bits per heavy atom. The number of hydrogen-bond acceptors (Lipinski definition) is 0. The molecular formula is C11H22. The van der Waals surface area contributed by atoms with E-state index < -0.39 is 0 Å². The molecule has 0 aromatic heterocycles. The van der Waals surface area contributed by atoms with Gasteiger partial charge in [0, 0.05) is 0 Å². The van der Waals surface area contributed by atoms with Crippen LogP contribution in [-0.4, -0.2) is 0 Å². The Bertz CT molecular complexity index is 101. The largest absolute Gasteiger partial charge is 0.0828 e. The Balaban J connectivity index is 3.78. The first kappa shape index (κ1) is 10.7. The molecule has 0 aliphatic carbocycles. The lowest BCUT2D eigenvalue weighted by atomic mass is 9.96. The first-order valence-corrected chi connectivity index (χ1v) is 4.85. The van der Waals surface area contributed by atoms with Crippen LogP contribution in [0.2, 0.25) is 0 Å². The Kier molecular flexibility index (Phi) is 6.30. The lowest BCUT2D eigenvalue weighted by Gasteiger charge is -2.10. The third-order valence-corrected chi connectivity index (χ3v) is 1.89. The molecule has 0 heteroatoms. The molecule has 0 aromatic carbocycles. The van der Waals surface area contributed by atoms with Gasteiger partial charge in [-0.2, -0.15) is 0 Å². The molecule has 0 heterocycles. The molecule has 0 saturated carbocycles. The standard InChI is InChI=1S/C11H22/c1-5-7-11(8-6-2)9-10(3)4/h9,11H,5-8H2,1-4H3. The lowest BCUT2D eigenvalue weighted by Crippen LogP contribution is -1.95. The Morgan fingerprint density at radius 3 is 1.82 bits per heavy atom. The highest BCUT2D eigenvalue weighted by atomic mass is 14.1. The minimum atomic E-state index is 0.843. The van der Waals surface area contributed by atoms with Gasteiger partial charge in [0.05, 0.1) is 0 Å². The van der Waals surface area contributed by atoms with Gasteiger partial charge in [0.1, 0.15) is 0 Å². The maximum Gasteiger partial charge on any atom is -0.0231 e. The minimum absolute atomic E-state index is 0.843. The van der Waals surface area contributed by atoms with Gasteiger partial charge in [0.15, 0.2) is 0 Å². The average molecular weight is 154 g/mol. The maximum atomic E-state index is 2.42. The van der Waals surface area contributed by atoms with Gasteiger partial charge >= 0.3 is 0 Å². The zero-order chi connectivity index (χ0) is 8.69. The fourth-order valence-electron chi connectivity index (χ4n) is 1.52. The van der Waals surface area contributed by atoms with Crippen molar-refractivity contribution in [3.05, 3.63) is 11.6 Å². The fourth-order valence-corrected chi connectivity index (χ4v) is 1.52. The first-order chi connectivity index (χ1) is 5.20. The highest BCUT2D eigenvalue weighted by Crippen LogP contribution is 2.16. The molecule has 0 amide bonds. The van der Waals surface area contributed by atoms with Gasteiger partial charge in [0.2, 0.25) is 0 Å². The van der Waals surface area contributed by atoms with Crippen molar-refractivity contribution in [3.63, 3.8) is 0 Å². The molecule has 0 nitrogen and oxygen atoms in total. The number of allylic oxidation sites excluding steroid dienone is 2. The van der Waals surface area contributed by atoms with Gasteiger partial charge in [0.25, 0.3) is 0 Å². The van der Waals surface area contributed by atoms with Crippen molar-refractivity contribution in [1.29, 1.82) is 0 Å². The average Bonchev–Trinajstić information content (AvgIpc) is 1.87. The molecule has 0 N–H and O–H groups in total. The summed E-state index contributed by atoms with van der Waals surface area (Å²) in [5.74, 6) is 0.843. The van der Waals surface area contributed by atoms with Crippen LogP contribution in [0.3, 0.4) is 0 Å². The summed E-state index contributed by atoms with van der Waals surface area (Å²) in [5, 5.41) is 0. The van der Waals surface area contributed by atoms with Crippen molar-refractivity contribution in [1.82, 2.24) is 0 Å². The van der Waals surface area contributed by atoms with Gasteiger partial charge in [-0.05, 0) is 32.6 Å². The molecule has 11 heavy (non-hydrogen) atoms. The Morgan fingerprint density at radius 2 is 1.55 bits per heavy atom. The van der Waals surface area contributed by atoms with Crippen LogP contribution >= 0.6 is 0 Å². The van der Waals surface area contributed by atoms with E-state index in [1.54, 1.807) is 0 Å². The highest BCUT2D eigenvalue weighted by molar-refractivity contribution is 4.97. The molecule has 0 bridgehead atoms. The van der Waals surface area contributed by atoms with Crippen LogP contribution in [0.4, 0.5) is 0 Å². The second-order valence-corrected chi connectivity index (χ2v) is 3.58. The second kappa shape index (κ2) is 6.45. The molecular weight excluding hydrogens is 132 g/mol. The normalized spacial score (nSPS) is 10.3. The highest BCUT2D eigenvalue weighted by Gasteiger charge is 2.01. The van der Waals surface area contributed by atoms with E-state index in [2.05, 4.69) is 33.8 Å². The molecule has 0 aliphatic heterocycles. The van der Waals surface area contributed by atoms with Crippen molar-refractivity contribution in [3.8, 4) is 0 Å². The van der Waals surface area contributed by atoms with Crippen molar-refractivity contribution < 1.29 is 0 Å². The van der Waals surface area contributed by atoms with E-state index in [1.807, 2.05) is 0 Å². The van der Waals surface area contributed by atoms with Crippen LogP contribution in [0.15, 0.2) is 11.6 Å². The van der Waals surface area contributed by atoms with E-state index in [0.717, 1.165) is 5.92 Å². The van der Waals surface area contributed by atoms with Crippen molar-refractivity contribution in [2.75, 3.05) is 0 Å². The van der Waals surface area contributed by atoms with Crippen molar-refractivity contribution in [2.24, 2.45) is 5.92 Å². The molecule has 0 aliphatic rings. The van der Waals surface area contributed by atoms with E-state index in [-0.39, 0.29) is 0 Å². The summed E-state index contributed by atoms with van der Waals surface area (Å²) < 4.78 is 0. The number of hydrogen-bond donors (Lipinski definition) is 0. The second-order valence-electron chi connectivity index (χ2n) is 3.58. The predicted octanol–water partition coefficient (Wildman–Crippen LogP) is 4.17. The van der Waals surface area contributed by atoms with Gasteiger partial charge in [-0.3, -0.25) is 0 Å². The molecule has 0 aromatic rings. The Hall–Kier alpha value is -0.260. The van der Waals surface area contributed by atoms with E-state index >= 15 is 0 Å². The molecule has 0 fully saturated rings. The third kappa shape index (κ3) is 6.15. The Labute approximate surface area is 71.7 Å². The zero-order valence-electron chi connectivity index (χ0n) is 8.48. The summed E-state index contributed by atoms with van der Waals surface area (Å²) in [6, 6.07) is 0. The van der Waals surface area contributed by atoms with Crippen LogP contribution in [0.1, 0.15) is 53.4 Å². The summed E-state index contributed by atoms with van der Waals surface area (Å²) in [6.07, 6.45) is 7.77. The fraction of sp³-hybridized carbons (Fsp3) is 0.818. The van der Waals surface area contributed by atoms with Gasteiger partial charge in [-0.25, -0.2) is 0 Å². The van der Waals surface area contributed by atoms with Gasteiger partial charge < -0.3 is 0 Å². The van der Waals surface area contributed by atoms with E-state index in [1.165, 1.54) is 31.3 Å². The quantitative estimate of drug-likeness (QED) is 0.521. The molecule has 0 radical (unpaired) electrons. The lowest BCUT2D eigenvalue weighted by molar-refractivity contribution is 0.527. The number of rotatable bonds is 5. The van der Waals surface area contributed by atoms with Crippen LogP contribution in [0.5, 0.6) is 0 Å². The van der Waals surface area contributed by atoms with Crippen molar-refractivity contribution >= 4 is 0 Å². The smallest absolute Gasteiger partial charge is 0.0231 e. The SMILES string of the molecule is CCCC(C=C(C)C)CCC. The van der Waals surface area contributed by atoms with Crippen LogP contribution < -0.4 is 0 Å². The molecule has 0 unspecified atom stereocenters. The van der Waals surface area contributed by atoms with Crippen molar-refractivity contribution in [2.45, 2.75) is 53.4 Å². The topological polar surface area (TPSA) is 0 Å². The van der Waals surface area contributed by atoms with Crippen LogP contribution in [-0.2, 0) is 0 Å². The van der Waals surface area contributed by atoms with Gasteiger partial charge in [-0.15, -0.1) is 0 Å². The summed E-state index contributed by atoms with van der Waals surface area (Å²) in [7, 11) is 0. The molecule has 0 saturated heterocycles. The van der Waals surface area contributed by atoms with E-state index in [4.69, 9.17) is 0 Å². The van der Waals surface area contributed by atoms with Crippen LogP contribution in [0.25, 0.3) is 0 Å². The summed E-state index contributed by atoms with van der Waals surface area (Å²) in [5.41, 5.74) is 1.47. The summed E-state index contributed by atoms with van der Waals surface area (Å²) >= 11 is 0. The molecule has 66 valence electrons. The minimum Gasteiger partial charge on any atom is -0.0828 e. The zero-order valence-corrected chi connectivity index (χ0v) is 8.48. The molecule has 0 atom stereocenters. The first-order valence-electron chi connectivity index (χ1n) is 4.85. The van der Waals surface area contributed by atoms with E-state index in [9.17, 15) is 0 Å². The molecule has 0 spiro atoms. The molecule has 0 rings (SSSR count). The van der Waals surface area contributed by atoms with E-state index in [0.29, 0.717) is 0 Å². The summed E-state index contributed by atoms with van der Waals surface area (Å²) in [6.45, 7) is 8.92. The van der Waals surface area contributed by atoms with Crippen LogP contribution in [0, 0.1) is 5.92 Å².